The molecule has 1 saturated heterocycles. The maximum Gasteiger partial charge on any atom is 0.189 e. The molecule has 3 aromatic rings. The molecule has 1 aliphatic heterocycles. The van der Waals surface area contributed by atoms with Gasteiger partial charge in [-0.3, -0.25) is 4.40 Å². The summed E-state index contributed by atoms with van der Waals surface area (Å²) in [5.41, 5.74) is 2.35. The molecular formula is C13H17N7. The first kappa shape index (κ1) is 11.8. The van der Waals surface area contributed by atoms with Crippen LogP contribution in [-0.4, -0.2) is 42.6 Å². The van der Waals surface area contributed by atoms with E-state index in [-0.39, 0.29) is 0 Å². The van der Waals surface area contributed by atoms with E-state index in [4.69, 9.17) is 0 Å². The number of aryl methyl sites for hydroxylation is 1. The van der Waals surface area contributed by atoms with E-state index in [1.807, 2.05) is 4.40 Å². The summed E-state index contributed by atoms with van der Waals surface area (Å²) in [6.45, 7) is 2.28. The van der Waals surface area contributed by atoms with Crippen LogP contribution in [0.4, 0.5) is 0 Å². The Balaban J connectivity index is 1.60. The van der Waals surface area contributed by atoms with Crippen LogP contribution in [0.2, 0.25) is 0 Å². The van der Waals surface area contributed by atoms with Gasteiger partial charge in [0.05, 0.1) is 6.33 Å². The summed E-state index contributed by atoms with van der Waals surface area (Å²) < 4.78 is 1.97. The molecule has 0 spiro atoms. The van der Waals surface area contributed by atoms with Crippen LogP contribution in [0, 0.1) is 5.92 Å². The number of fused-ring (bicyclic) bond motifs is 3. The first-order valence-corrected chi connectivity index (χ1v) is 7.14. The predicted molar refractivity (Wildman–Crippen MR) is 74.3 cm³/mol. The lowest BCUT2D eigenvalue weighted by atomic mass is 9.94. The summed E-state index contributed by atoms with van der Waals surface area (Å²) in [7, 11) is 0. The van der Waals surface area contributed by atoms with Gasteiger partial charge in [0.25, 0.3) is 0 Å². The molecule has 1 aliphatic rings. The zero-order valence-corrected chi connectivity index (χ0v) is 11.2. The maximum atomic E-state index is 4.33. The van der Waals surface area contributed by atoms with Crippen LogP contribution in [0.15, 0.2) is 12.7 Å². The molecule has 3 aromatic heterocycles. The quantitative estimate of drug-likeness (QED) is 0.740. The monoisotopic (exact) mass is 271 g/mol. The van der Waals surface area contributed by atoms with Crippen molar-refractivity contribution in [1.82, 2.24) is 34.9 Å². The van der Waals surface area contributed by atoms with Gasteiger partial charge in [-0.2, -0.15) is 0 Å². The fourth-order valence-electron chi connectivity index (χ4n) is 2.95. The van der Waals surface area contributed by atoms with Crippen molar-refractivity contribution in [3.63, 3.8) is 0 Å². The van der Waals surface area contributed by atoms with Crippen molar-refractivity contribution in [2.45, 2.75) is 25.7 Å². The van der Waals surface area contributed by atoms with Gasteiger partial charge in [0.15, 0.2) is 11.3 Å². The number of imidazole rings is 1. The van der Waals surface area contributed by atoms with Crippen LogP contribution in [0.25, 0.3) is 16.8 Å². The van der Waals surface area contributed by atoms with Crippen molar-refractivity contribution in [3.05, 3.63) is 18.5 Å². The molecule has 0 bridgehead atoms. The van der Waals surface area contributed by atoms with Crippen LogP contribution in [0.5, 0.6) is 0 Å². The third-order valence-electron chi connectivity index (χ3n) is 4.08. The Morgan fingerprint density at radius 2 is 2.30 bits per heavy atom. The van der Waals surface area contributed by atoms with E-state index in [0.29, 0.717) is 5.65 Å². The maximum absolute atomic E-state index is 4.33. The Labute approximate surface area is 115 Å². The van der Waals surface area contributed by atoms with Crippen LogP contribution < -0.4 is 5.32 Å². The molecule has 104 valence electrons. The van der Waals surface area contributed by atoms with Gasteiger partial charge in [0.2, 0.25) is 0 Å². The molecule has 7 heteroatoms. The predicted octanol–water partition coefficient (Wildman–Crippen LogP) is 0.933. The van der Waals surface area contributed by atoms with Crippen molar-refractivity contribution in [2.24, 2.45) is 5.92 Å². The van der Waals surface area contributed by atoms with Crippen LogP contribution >= 0.6 is 0 Å². The molecule has 1 fully saturated rings. The molecule has 1 unspecified atom stereocenters. The van der Waals surface area contributed by atoms with Crippen molar-refractivity contribution in [1.29, 1.82) is 0 Å². The average Bonchev–Trinajstić information content (AvgIpc) is 3.12. The van der Waals surface area contributed by atoms with Gasteiger partial charge in [-0.05, 0) is 38.3 Å². The van der Waals surface area contributed by atoms with Gasteiger partial charge >= 0.3 is 0 Å². The van der Waals surface area contributed by atoms with Gasteiger partial charge in [0.1, 0.15) is 17.7 Å². The molecule has 0 amide bonds. The highest BCUT2D eigenvalue weighted by Gasteiger charge is 2.16. The molecular weight excluding hydrogens is 254 g/mol. The normalized spacial score (nSPS) is 19.9. The van der Waals surface area contributed by atoms with E-state index >= 15 is 0 Å². The second kappa shape index (κ2) is 4.82. The second-order valence-corrected chi connectivity index (χ2v) is 5.41. The molecule has 0 radical (unpaired) electrons. The van der Waals surface area contributed by atoms with E-state index in [1.165, 1.54) is 12.8 Å². The van der Waals surface area contributed by atoms with Gasteiger partial charge in [-0.1, -0.05) is 0 Å². The summed E-state index contributed by atoms with van der Waals surface area (Å²) in [4.78, 5) is 11.5. The molecule has 4 rings (SSSR count). The SMILES string of the molecule is c1nc2ncn3c(CCC4CCCNC4)nnc3c2[nH]1. The Morgan fingerprint density at radius 1 is 1.30 bits per heavy atom. The number of nitrogens with one attached hydrogen (secondary N) is 2. The molecule has 0 aliphatic carbocycles. The highest BCUT2D eigenvalue weighted by Crippen LogP contribution is 2.18. The summed E-state index contributed by atoms with van der Waals surface area (Å²) in [6.07, 6.45) is 8.09. The fraction of sp³-hybridized carbons (Fsp3) is 0.538. The standard InChI is InChI=1S/C13H17N7/c1-2-9(6-14-5-1)3-4-10-18-19-13-11-12(16-7-15-11)17-8-20(10)13/h7-9,14H,1-6H2,(H,15,16). The largest absolute Gasteiger partial charge is 0.340 e. The van der Waals surface area contributed by atoms with Crippen LogP contribution in [0.1, 0.15) is 25.1 Å². The van der Waals surface area contributed by atoms with E-state index in [9.17, 15) is 0 Å². The van der Waals surface area contributed by atoms with Crippen molar-refractivity contribution in [3.8, 4) is 0 Å². The first-order chi connectivity index (χ1) is 9.92. The van der Waals surface area contributed by atoms with Gasteiger partial charge < -0.3 is 10.3 Å². The number of H-pyrrole nitrogens is 1. The zero-order valence-electron chi connectivity index (χ0n) is 11.2. The minimum atomic E-state index is 0.688. The van der Waals surface area contributed by atoms with Gasteiger partial charge in [-0.15, -0.1) is 10.2 Å². The Hall–Kier alpha value is -2.02. The smallest absolute Gasteiger partial charge is 0.189 e. The molecule has 0 aromatic carbocycles. The van der Waals surface area contributed by atoms with E-state index in [2.05, 4.69) is 30.5 Å². The topological polar surface area (TPSA) is 83.8 Å². The van der Waals surface area contributed by atoms with E-state index in [1.54, 1.807) is 12.7 Å². The molecule has 1 atom stereocenters. The fourth-order valence-corrected chi connectivity index (χ4v) is 2.95. The number of rotatable bonds is 3. The molecule has 0 saturated carbocycles. The Bertz CT molecular complexity index is 723. The highest BCUT2D eigenvalue weighted by molar-refractivity contribution is 5.84. The number of aromatic nitrogens is 6. The summed E-state index contributed by atoms with van der Waals surface area (Å²) in [5.74, 6) is 1.73. The lowest BCUT2D eigenvalue weighted by Crippen LogP contribution is -2.30. The number of piperidine rings is 1. The third kappa shape index (κ3) is 1.94. The molecule has 4 heterocycles. The summed E-state index contributed by atoms with van der Waals surface area (Å²) >= 11 is 0. The van der Waals surface area contributed by atoms with E-state index < -0.39 is 0 Å². The first-order valence-electron chi connectivity index (χ1n) is 7.14. The minimum Gasteiger partial charge on any atom is -0.340 e. The molecule has 20 heavy (non-hydrogen) atoms. The number of hydrogen-bond acceptors (Lipinski definition) is 5. The average molecular weight is 271 g/mol. The number of hydrogen-bond donors (Lipinski definition) is 2. The lowest BCUT2D eigenvalue weighted by Gasteiger charge is -2.22. The second-order valence-electron chi connectivity index (χ2n) is 5.41. The zero-order chi connectivity index (χ0) is 13.4. The highest BCUT2D eigenvalue weighted by atomic mass is 15.3. The van der Waals surface area contributed by atoms with Crippen molar-refractivity contribution in [2.75, 3.05) is 13.1 Å². The number of aromatic amines is 1. The minimum absolute atomic E-state index is 0.688. The Morgan fingerprint density at radius 3 is 3.20 bits per heavy atom. The lowest BCUT2D eigenvalue weighted by molar-refractivity contribution is 0.355. The van der Waals surface area contributed by atoms with Gasteiger partial charge in [-0.25, -0.2) is 9.97 Å². The van der Waals surface area contributed by atoms with Crippen LogP contribution in [-0.2, 0) is 6.42 Å². The summed E-state index contributed by atoms with van der Waals surface area (Å²) in [5, 5.41) is 12.0. The molecule has 2 N–H and O–H groups in total. The van der Waals surface area contributed by atoms with Crippen molar-refractivity contribution >= 4 is 16.8 Å². The molecule has 7 nitrogen and oxygen atoms in total. The van der Waals surface area contributed by atoms with Gasteiger partial charge in [0, 0.05) is 6.42 Å². The Kier molecular flexibility index (Phi) is 2.84. The summed E-state index contributed by atoms with van der Waals surface area (Å²) in [6, 6.07) is 0. The third-order valence-corrected chi connectivity index (χ3v) is 4.08. The number of nitrogens with zero attached hydrogens (tertiary/aromatic N) is 5. The van der Waals surface area contributed by atoms with Crippen molar-refractivity contribution < 1.29 is 0 Å². The van der Waals surface area contributed by atoms with Crippen LogP contribution in [0.3, 0.4) is 0 Å². The van der Waals surface area contributed by atoms with E-state index in [0.717, 1.165) is 48.8 Å².